The van der Waals surface area contributed by atoms with Gasteiger partial charge in [0.2, 0.25) is 0 Å². The molecule has 0 aliphatic heterocycles. The molecule has 1 N–H and O–H groups in total. The number of thiophene rings is 1. The van der Waals surface area contributed by atoms with Crippen LogP contribution in [0.15, 0.2) is 29.6 Å². The van der Waals surface area contributed by atoms with Crippen LogP contribution in [-0.2, 0) is 6.42 Å². The second-order valence-corrected chi connectivity index (χ2v) is 4.84. The molecule has 0 aliphatic carbocycles. The second kappa shape index (κ2) is 4.77. The first-order valence-corrected chi connectivity index (χ1v) is 6.35. The Hall–Kier alpha value is -0.860. The lowest BCUT2D eigenvalue weighted by Gasteiger charge is -2.13. The first kappa shape index (κ1) is 10.7. The third kappa shape index (κ3) is 2.39. The van der Waals surface area contributed by atoms with Gasteiger partial charge in [-0.05, 0) is 48.4 Å². The summed E-state index contributed by atoms with van der Waals surface area (Å²) in [7, 11) is 2.04. The van der Waals surface area contributed by atoms with Crippen molar-refractivity contribution in [1.82, 2.24) is 5.32 Å². The molecule has 0 saturated heterocycles. The summed E-state index contributed by atoms with van der Waals surface area (Å²) >= 11 is 1.82. The molecule has 2 rings (SSSR count). The summed E-state index contributed by atoms with van der Waals surface area (Å²) < 4.78 is 1.40. The van der Waals surface area contributed by atoms with Crippen LogP contribution in [0, 0.1) is 0 Å². The van der Waals surface area contributed by atoms with E-state index in [9.17, 15) is 0 Å². The van der Waals surface area contributed by atoms with Gasteiger partial charge in [0.15, 0.2) is 0 Å². The van der Waals surface area contributed by atoms with Crippen LogP contribution in [0.2, 0.25) is 0 Å². The zero-order chi connectivity index (χ0) is 10.7. The Morgan fingerprint density at radius 3 is 2.93 bits per heavy atom. The number of hydrogen-bond donors (Lipinski definition) is 1. The van der Waals surface area contributed by atoms with E-state index in [-0.39, 0.29) is 0 Å². The molecular formula is C13H17NS. The Bertz CT molecular complexity index is 429. The van der Waals surface area contributed by atoms with Gasteiger partial charge < -0.3 is 5.32 Å². The molecule has 1 unspecified atom stereocenters. The van der Waals surface area contributed by atoms with E-state index in [0.29, 0.717) is 6.04 Å². The average molecular weight is 219 g/mol. The van der Waals surface area contributed by atoms with E-state index < -0.39 is 0 Å². The van der Waals surface area contributed by atoms with E-state index in [2.05, 4.69) is 41.9 Å². The summed E-state index contributed by atoms with van der Waals surface area (Å²) in [5.41, 5.74) is 1.44. The molecular weight excluding hydrogens is 202 g/mol. The lowest BCUT2D eigenvalue weighted by Crippen LogP contribution is -2.26. The molecule has 1 aromatic heterocycles. The predicted octanol–water partition coefficient (Wildman–Crippen LogP) is 3.44. The molecule has 0 spiro atoms. The maximum atomic E-state index is 3.35. The monoisotopic (exact) mass is 219 g/mol. The van der Waals surface area contributed by atoms with Gasteiger partial charge in [0.05, 0.1) is 0 Å². The molecule has 1 atom stereocenters. The molecule has 2 heteroatoms. The van der Waals surface area contributed by atoms with Gasteiger partial charge in [0, 0.05) is 10.7 Å². The highest BCUT2D eigenvalue weighted by Gasteiger charge is 2.05. The Morgan fingerprint density at radius 2 is 2.20 bits per heavy atom. The largest absolute Gasteiger partial charge is 0.317 e. The van der Waals surface area contributed by atoms with Crippen molar-refractivity contribution in [3.63, 3.8) is 0 Å². The smallest absolute Gasteiger partial charge is 0.0345 e. The quantitative estimate of drug-likeness (QED) is 0.830. The highest BCUT2D eigenvalue weighted by atomic mass is 32.1. The third-order valence-electron chi connectivity index (χ3n) is 2.90. The highest BCUT2D eigenvalue weighted by Crippen LogP contribution is 2.22. The van der Waals surface area contributed by atoms with E-state index in [4.69, 9.17) is 0 Å². The molecule has 80 valence electrons. The van der Waals surface area contributed by atoms with Gasteiger partial charge in [-0.1, -0.05) is 19.1 Å². The van der Waals surface area contributed by atoms with E-state index in [1.807, 2.05) is 18.4 Å². The summed E-state index contributed by atoms with van der Waals surface area (Å²) in [5.74, 6) is 0. The Kier molecular flexibility index (Phi) is 3.39. The molecule has 1 aromatic carbocycles. The molecule has 0 aliphatic rings. The first-order chi connectivity index (χ1) is 7.33. The van der Waals surface area contributed by atoms with E-state index in [1.54, 1.807) is 0 Å². The number of benzene rings is 1. The van der Waals surface area contributed by atoms with Gasteiger partial charge in [0.25, 0.3) is 0 Å². The Labute approximate surface area is 95.1 Å². The number of fused-ring (bicyclic) bond motifs is 1. The standard InChI is InChI=1S/C13H17NS/c1-3-12(14-2)8-10-4-5-11-6-7-15-13(11)9-10/h4-7,9,12,14H,3,8H2,1-2H3. The summed E-state index contributed by atoms with van der Waals surface area (Å²) in [6.45, 7) is 2.23. The molecule has 2 aromatic rings. The number of rotatable bonds is 4. The van der Waals surface area contributed by atoms with E-state index in [1.165, 1.54) is 22.1 Å². The fourth-order valence-electron chi connectivity index (χ4n) is 1.86. The van der Waals surface area contributed by atoms with Crippen molar-refractivity contribution < 1.29 is 0 Å². The van der Waals surface area contributed by atoms with Crippen molar-refractivity contribution in [2.45, 2.75) is 25.8 Å². The fourth-order valence-corrected chi connectivity index (χ4v) is 2.71. The normalized spacial score (nSPS) is 13.2. The number of hydrogen-bond acceptors (Lipinski definition) is 2. The van der Waals surface area contributed by atoms with Crippen LogP contribution in [-0.4, -0.2) is 13.1 Å². The van der Waals surface area contributed by atoms with Crippen molar-refractivity contribution in [2.75, 3.05) is 7.05 Å². The van der Waals surface area contributed by atoms with Crippen LogP contribution in [0.1, 0.15) is 18.9 Å². The molecule has 1 heterocycles. The zero-order valence-corrected chi connectivity index (χ0v) is 10.1. The molecule has 0 bridgehead atoms. The summed E-state index contributed by atoms with van der Waals surface area (Å²) in [5, 5.41) is 6.86. The molecule has 0 saturated carbocycles. The maximum Gasteiger partial charge on any atom is 0.0345 e. The Morgan fingerprint density at radius 1 is 1.33 bits per heavy atom. The minimum atomic E-state index is 0.599. The van der Waals surface area contributed by atoms with Crippen LogP contribution in [0.25, 0.3) is 10.1 Å². The average Bonchev–Trinajstić information content (AvgIpc) is 2.73. The zero-order valence-electron chi connectivity index (χ0n) is 9.29. The van der Waals surface area contributed by atoms with Crippen molar-refractivity contribution in [1.29, 1.82) is 0 Å². The molecule has 15 heavy (non-hydrogen) atoms. The van der Waals surface area contributed by atoms with Gasteiger partial charge >= 0.3 is 0 Å². The van der Waals surface area contributed by atoms with Crippen LogP contribution in [0.5, 0.6) is 0 Å². The topological polar surface area (TPSA) is 12.0 Å². The highest BCUT2D eigenvalue weighted by molar-refractivity contribution is 7.17. The summed E-state index contributed by atoms with van der Waals surface area (Å²) in [6.07, 6.45) is 2.31. The predicted molar refractivity (Wildman–Crippen MR) is 68.7 cm³/mol. The summed E-state index contributed by atoms with van der Waals surface area (Å²) in [6, 6.07) is 9.57. The SMILES string of the molecule is CCC(Cc1ccc2ccsc2c1)NC. The van der Waals surface area contributed by atoms with Crippen molar-refractivity contribution in [2.24, 2.45) is 0 Å². The molecule has 0 fully saturated rings. The molecule has 0 amide bonds. The lowest BCUT2D eigenvalue weighted by atomic mass is 10.0. The minimum absolute atomic E-state index is 0.599. The van der Waals surface area contributed by atoms with Gasteiger partial charge in [-0.3, -0.25) is 0 Å². The lowest BCUT2D eigenvalue weighted by molar-refractivity contribution is 0.543. The molecule has 1 nitrogen and oxygen atoms in total. The third-order valence-corrected chi connectivity index (χ3v) is 3.78. The first-order valence-electron chi connectivity index (χ1n) is 5.47. The Balaban J connectivity index is 2.20. The number of likely N-dealkylation sites (N-methyl/N-ethyl adjacent to an activating group) is 1. The maximum absolute atomic E-state index is 3.35. The van der Waals surface area contributed by atoms with Crippen LogP contribution >= 0.6 is 11.3 Å². The van der Waals surface area contributed by atoms with Gasteiger partial charge in [0.1, 0.15) is 0 Å². The van der Waals surface area contributed by atoms with Gasteiger partial charge in [-0.2, -0.15) is 0 Å². The van der Waals surface area contributed by atoms with Gasteiger partial charge in [-0.15, -0.1) is 11.3 Å². The number of nitrogens with one attached hydrogen (secondary N) is 1. The molecule has 0 radical (unpaired) electrons. The van der Waals surface area contributed by atoms with Crippen LogP contribution in [0.4, 0.5) is 0 Å². The minimum Gasteiger partial charge on any atom is -0.317 e. The van der Waals surface area contributed by atoms with Crippen molar-refractivity contribution in [3.05, 3.63) is 35.2 Å². The van der Waals surface area contributed by atoms with Crippen LogP contribution in [0.3, 0.4) is 0 Å². The summed E-state index contributed by atoms with van der Waals surface area (Å²) in [4.78, 5) is 0. The van der Waals surface area contributed by atoms with Crippen molar-refractivity contribution >= 4 is 21.4 Å². The van der Waals surface area contributed by atoms with Crippen molar-refractivity contribution in [3.8, 4) is 0 Å². The van der Waals surface area contributed by atoms with E-state index >= 15 is 0 Å². The van der Waals surface area contributed by atoms with Crippen LogP contribution < -0.4 is 5.32 Å². The fraction of sp³-hybridized carbons (Fsp3) is 0.385. The van der Waals surface area contributed by atoms with E-state index in [0.717, 1.165) is 6.42 Å². The van der Waals surface area contributed by atoms with Gasteiger partial charge in [-0.25, -0.2) is 0 Å². The second-order valence-electron chi connectivity index (χ2n) is 3.89.